The minimum atomic E-state index is -0.991. The van der Waals surface area contributed by atoms with Crippen LogP contribution in [-0.4, -0.2) is 17.7 Å². The zero-order chi connectivity index (χ0) is 9.84. The summed E-state index contributed by atoms with van der Waals surface area (Å²) in [5, 5.41) is 8.98. The number of halogens is 1. The van der Waals surface area contributed by atoms with Crippen LogP contribution in [0, 0.1) is 6.92 Å². The van der Waals surface area contributed by atoms with Crippen LogP contribution in [0.15, 0.2) is 18.2 Å². The fraction of sp³-hybridized carbons (Fsp3) is 0.222. The van der Waals surface area contributed by atoms with E-state index in [0.29, 0.717) is 10.8 Å². The summed E-state index contributed by atoms with van der Waals surface area (Å²) in [6, 6.07) is 5.03. The predicted molar refractivity (Wildman–Crippen MR) is 50.4 cm³/mol. The Kier molecular flexibility index (Phi) is 5.71. The Balaban J connectivity index is 0. The molecule has 1 aromatic rings. The fourth-order valence-corrected chi connectivity index (χ4v) is 1.14. The van der Waals surface area contributed by atoms with E-state index in [4.69, 9.17) is 21.4 Å². The number of ether oxygens (including phenoxy) is 1. The van der Waals surface area contributed by atoms with Crippen LogP contribution >= 0.6 is 11.6 Å². The number of carboxylic acids is 1. The van der Waals surface area contributed by atoms with Crippen molar-refractivity contribution in [1.29, 1.82) is 0 Å². The molecule has 0 aliphatic rings. The smallest absolute Gasteiger partial charge is 1.00 e. The van der Waals surface area contributed by atoms with Gasteiger partial charge in [-0.1, -0.05) is 11.6 Å². The molecule has 0 fully saturated rings. The van der Waals surface area contributed by atoms with Crippen molar-refractivity contribution in [2.75, 3.05) is 6.61 Å². The summed E-state index contributed by atoms with van der Waals surface area (Å²) in [5.41, 5.74) is 0.828. The van der Waals surface area contributed by atoms with Gasteiger partial charge in [-0.2, -0.15) is 0 Å². The molecule has 14 heavy (non-hydrogen) atoms. The Morgan fingerprint density at radius 1 is 1.64 bits per heavy atom. The third-order valence-electron chi connectivity index (χ3n) is 1.49. The molecule has 0 heterocycles. The van der Waals surface area contributed by atoms with Crippen molar-refractivity contribution in [2.24, 2.45) is 0 Å². The van der Waals surface area contributed by atoms with Crippen LogP contribution in [0.4, 0.5) is 0 Å². The van der Waals surface area contributed by atoms with E-state index in [2.05, 4.69) is 0 Å². The maximum Gasteiger partial charge on any atom is 1.00 e. The van der Waals surface area contributed by atoms with Crippen molar-refractivity contribution in [2.45, 2.75) is 6.92 Å². The molecule has 5 heteroatoms. The molecule has 0 atom stereocenters. The molecule has 0 aromatic heterocycles. The molecule has 0 saturated carbocycles. The largest absolute Gasteiger partial charge is 1.00 e. The molecule has 1 N–H and O–H groups in total. The van der Waals surface area contributed by atoms with E-state index < -0.39 is 5.97 Å². The van der Waals surface area contributed by atoms with Gasteiger partial charge in [-0.3, -0.25) is 0 Å². The first-order valence-electron chi connectivity index (χ1n) is 3.70. The Morgan fingerprint density at radius 3 is 2.79 bits per heavy atom. The summed E-state index contributed by atoms with van der Waals surface area (Å²) >= 11 is 5.71. The van der Waals surface area contributed by atoms with Crippen molar-refractivity contribution in [1.82, 2.24) is 0 Å². The van der Waals surface area contributed by atoms with E-state index in [-0.39, 0.29) is 26.9 Å². The van der Waals surface area contributed by atoms with E-state index in [1.54, 1.807) is 18.2 Å². The van der Waals surface area contributed by atoms with Crippen molar-refractivity contribution in [3.05, 3.63) is 28.8 Å². The van der Waals surface area contributed by atoms with Crippen molar-refractivity contribution < 1.29 is 34.9 Å². The third kappa shape index (κ3) is 4.06. The van der Waals surface area contributed by atoms with Crippen LogP contribution in [0.1, 0.15) is 6.99 Å². The summed E-state index contributed by atoms with van der Waals surface area (Å²) < 4.78 is 5.00. The van der Waals surface area contributed by atoms with Gasteiger partial charge in [-0.25, -0.2) is 4.79 Å². The molecular weight excluding hydrogens is 198 g/mol. The zero-order valence-electron chi connectivity index (χ0n) is 9.08. The number of hydrogen-bond acceptors (Lipinski definition) is 2. The number of hydrogen-bond donors (Lipinski definition) is 1. The molecule has 0 saturated heterocycles. The molecule has 3 nitrogen and oxygen atoms in total. The van der Waals surface area contributed by atoms with Gasteiger partial charge in [0.25, 0.3) is 0 Å². The zero-order valence-corrected chi connectivity index (χ0v) is 8.84. The number of benzene rings is 1. The van der Waals surface area contributed by atoms with E-state index in [9.17, 15) is 4.79 Å². The molecule has 0 aliphatic carbocycles. The first-order valence-corrected chi connectivity index (χ1v) is 4.08. The third-order valence-corrected chi connectivity index (χ3v) is 1.72. The van der Waals surface area contributed by atoms with Crippen molar-refractivity contribution in [3.8, 4) is 5.75 Å². The van der Waals surface area contributed by atoms with Gasteiger partial charge in [0.05, 0.1) is 0 Å². The molecule has 0 aliphatic heterocycles. The van der Waals surface area contributed by atoms with Gasteiger partial charge in [0, 0.05) is 5.02 Å². The number of carboxylic acid groups (broad SMARTS) is 1. The predicted octanol–water partition coefficient (Wildman–Crippen LogP) is -0.772. The first kappa shape index (κ1) is 13.4. The van der Waals surface area contributed by atoms with Crippen LogP contribution < -0.4 is 23.6 Å². The molecule has 0 bridgehead atoms. The Bertz CT molecular complexity index is 333. The molecular formula is C9H10ClLiO3. The van der Waals surface area contributed by atoms with Gasteiger partial charge in [-0.15, -0.1) is 0 Å². The minimum absolute atomic E-state index is 0. The van der Waals surface area contributed by atoms with Gasteiger partial charge in [0.2, 0.25) is 0 Å². The quantitative estimate of drug-likeness (QED) is 0.664. The second-order valence-corrected chi connectivity index (χ2v) is 3.03. The SMILES string of the molecule is Cc1cc(Cl)ccc1OCC(=O)O.[H-].[Li+]. The van der Waals surface area contributed by atoms with Gasteiger partial charge >= 0.3 is 24.8 Å². The maximum atomic E-state index is 10.2. The minimum Gasteiger partial charge on any atom is -1.00 e. The number of carbonyl (C=O) groups is 1. The van der Waals surface area contributed by atoms with E-state index in [1.807, 2.05) is 6.92 Å². The standard InChI is InChI=1S/C9H9ClO3.Li.H/c1-6-4-7(10)2-3-8(6)13-5-9(11)12;;/h2-4H,5H2,1H3,(H,11,12);;/q;+1;-1. The van der Waals surface area contributed by atoms with Crippen LogP contribution in [0.3, 0.4) is 0 Å². The fourth-order valence-electron chi connectivity index (χ4n) is 0.914. The number of aryl methyl sites for hydroxylation is 1. The van der Waals surface area contributed by atoms with Gasteiger partial charge in [0.15, 0.2) is 6.61 Å². The summed E-state index contributed by atoms with van der Waals surface area (Å²) in [5.74, 6) is -0.443. The Hall–Kier alpha value is -0.623. The molecule has 1 aromatic carbocycles. The molecule has 72 valence electrons. The van der Waals surface area contributed by atoms with E-state index in [0.717, 1.165) is 5.56 Å². The monoisotopic (exact) mass is 208 g/mol. The Labute approximate surface area is 101 Å². The summed E-state index contributed by atoms with van der Waals surface area (Å²) in [7, 11) is 0. The van der Waals surface area contributed by atoms with Gasteiger partial charge in [-0.05, 0) is 30.7 Å². The Morgan fingerprint density at radius 2 is 2.29 bits per heavy atom. The van der Waals surface area contributed by atoms with Gasteiger partial charge < -0.3 is 11.3 Å². The molecule has 0 unspecified atom stereocenters. The van der Waals surface area contributed by atoms with Crippen LogP contribution in [0.2, 0.25) is 5.02 Å². The molecule has 0 radical (unpaired) electrons. The normalized spacial score (nSPS) is 9.00. The number of rotatable bonds is 3. The van der Waals surface area contributed by atoms with Crippen LogP contribution in [0.25, 0.3) is 0 Å². The topological polar surface area (TPSA) is 46.5 Å². The van der Waals surface area contributed by atoms with Crippen molar-refractivity contribution >= 4 is 17.6 Å². The van der Waals surface area contributed by atoms with Gasteiger partial charge in [0.1, 0.15) is 5.75 Å². The van der Waals surface area contributed by atoms with E-state index in [1.165, 1.54) is 0 Å². The summed E-state index contributed by atoms with van der Waals surface area (Å²) in [6.45, 7) is 1.48. The van der Waals surface area contributed by atoms with Crippen molar-refractivity contribution in [3.63, 3.8) is 0 Å². The maximum absolute atomic E-state index is 10.2. The first-order chi connectivity index (χ1) is 6.09. The average molecular weight is 209 g/mol. The summed E-state index contributed by atoms with van der Waals surface area (Å²) in [6.07, 6.45) is 0. The number of aliphatic carboxylic acids is 1. The molecule has 0 spiro atoms. The molecule has 0 amide bonds. The van der Waals surface area contributed by atoms with E-state index >= 15 is 0 Å². The molecule has 1 rings (SSSR count). The van der Waals surface area contributed by atoms with Crippen LogP contribution in [-0.2, 0) is 4.79 Å². The van der Waals surface area contributed by atoms with Crippen LogP contribution in [0.5, 0.6) is 5.75 Å². The average Bonchev–Trinajstić information content (AvgIpc) is 2.02. The second kappa shape index (κ2) is 5.97. The second-order valence-electron chi connectivity index (χ2n) is 2.59. The summed E-state index contributed by atoms with van der Waals surface area (Å²) in [4.78, 5) is 10.2.